The monoisotopic (exact) mass is 441 g/mol. The highest BCUT2D eigenvalue weighted by atomic mass is 32.1. The molecule has 0 fully saturated rings. The van der Waals surface area contributed by atoms with Gasteiger partial charge in [-0.15, -0.1) is 11.3 Å². The maximum absolute atomic E-state index is 13.9. The molecule has 29 heavy (non-hydrogen) atoms. The van der Waals surface area contributed by atoms with Crippen LogP contribution in [-0.4, -0.2) is 32.0 Å². The minimum absolute atomic E-state index is 0.0738. The van der Waals surface area contributed by atoms with Crippen LogP contribution in [0.5, 0.6) is 5.06 Å². The molecule has 0 saturated heterocycles. The van der Waals surface area contributed by atoms with Crippen LogP contribution >= 0.6 is 11.3 Å². The first kappa shape index (κ1) is 23.0. The van der Waals surface area contributed by atoms with Crippen LogP contribution in [-0.2, 0) is 15.1 Å². The third-order valence-corrected chi connectivity index (χ3v) is 5.14. The SMILES string of the molecule is CO[C@@](C(=O)N[C@H](C)c1ccc(OCC(F)(F)F)s1)(c1ccccc1)C(F)(F)F. The third-order valence-electron chi connectivity index (χ3n) is 3.96. The van der Waals surface area contributed by atoms with Crippen LogP contribution in [0.2, 0.25) is 0 Å². The average Bonchev–Trinajstić information content (AvgIpc) is 3.09. The Hall–Kier alpha value is -2.27. The molecule has 2 aromatic rings. The van der Waals surface area contributed by atoms with Gasteiger partial charge in [-0.2, -0.15) is 26.3 Å². The van der Waals surface area contributed by atoms with Gasteiger partial charge in [0.1, 0.15) is 0 Å². The van der Waals surface area contributed by atoms with Crippen LogP contribution in [0.3, 0.4) is 0 Å². The number of thiophene rings is 1. The van der Waals surface area contributed by atoms with E-state index in [4.69, 9.17) is 0 Å². The molecule has 1 N–H and O–H groups in total. The Morgan fingerprint density at radius 3 is 2.21 bits per heavy atom. The number of carbonyl (C=O) groups is 1. The predicted octanol–water partition coefficient (Wildman–Crippen LogP) is 4.97. The van der Waals surface area contributed by atoms with E-state index in [1.807, 2.05) is 0 Å². The molecule has 0 unspecified atom stereocenters. The number of ether oxygens (including phenoxy) is 2. The molecule has 4 nitrogen and oxygen atoms in total. The van der Waals surface area contributed by atoms with Crippen molar-refractivity contribution in [1.29, 1.82) is 0 Å². The van der Waals surface area contributed by atoms with Gasteiger partial charge < -0.3 is 14.8 Å². The van der Waals surface area contributed by atoms with Gasteiger partial charge in [-0.25, -0.2) is 0 Å². The van der Waals surface area contributed by atoms with Gasteiger partial charge in [0.2, 0.25) is 0 Å². The maximum atomic E-state index is 13.9. The summed E-state index contributed by atoms with van der Waals surface area (Å²) in [4.78, 5) is 13.0. The Kier molecular flexibility index (Phi) is 6.84. The van der Waals surface area contributed by atoms with Crippen molar-refractivity contribution >= 4 is 17.2 Å². The first-order chi connectivity index (χ1) is 13.4. The fourth-order valence-corrected chi connectivity index (χ4v) is 3.45. The Labute approximate surface area is 166 Å². The maximum Gasteiger partial charge on any atom is 0.430 e. The number of nitrogens with one attached hydrogen (secondary N) is 1. The number of hydrogen-bond donors (Lipinski definition) is 1. The Morgan fingerprint density at radius 1 is 1.07 bits per heavy atom. The molecule has 0 bridgehead atoms. The standard InChI is InChI=1S/C18H17F6NO3S/c1-11(13-8-9-14(29-13)28-10-16(19,20)21)25-15(26)17(27-2,18(22,23)24)12-6-4-3-5-7-12/h3-9,11H,10H2,1-2H3,(H,25,26)/t11-,17-/m1/s1. The van der Waals surface area contributed by atoms with E-state index in [1.54, 1.807) is 0 Å². The number of rotatable bonds is 7. The van der Waals surface area contributed by atoms with E-state index in [0.717, 1.165) is 30.6 Å². The van der Waals surface area contributed by atoms with Crippen LogP contribution in [0, 0.1) is 0 Å². The molecular formula is C18H17F6NO3S. The van der Waals surface area contributed by atoms with Crippen LogP contribution in [0.4, 0.5) is 26.3 Å². The van der Waals surface area contributed by atoms with Gasteiger partial charge in [0.15, 0.2) is 11.7 Å². The molecule has 1 aromatic heterocycles. The normalized spacial score (nSPS) is 15.4. The van der Waals surface area contributed by atoms with E-state index in [9.17, 15) is 31.1 Å². The topological polar surface area (TPSA) is 47.6 Å². The van der Waals surface area contributed by atoms with Crippen molar-refractivity contribution in [3.63, 3.8) is 0 Å². The van der Waals surface area contributed by atoms with E-state index < -0.39 is 42.1 Å². The summed E-state index contributed by atoms with van der Waals surface area (Å²) in [5.74, 6) is -1.45. The zero-order valence-corrected chi connectivity index (χ0v) is 16.0. The summed E-state index contributed by atoms with van der Waals surface area (Å²) >= 11 is 0.786. The Balaban J connectivity index is 2.23. The summed E-state index contributed by atoms with van der Waals surface area (Å²) in [6.45, 7) is -0.0956. The summed E-state index contributed by atoms with van der Waals surface area (Å²) in [6.07, 6.45) is -9.59. The molecule has 0 radical (unpaired) electrons. The second kappa shape index (κ2) is 8.62. The van der Waals surface area contributed by atoms with E-state index in [-0.39, 0.29) is 5.06 Å². The van der Waals surface area contributed by atoms with Gasteiger partial charge in [0.05, 0.1) is 6.04 Å². The summed E-state index contributed by atoms with van der Waals surface area (Å²) in [5, 5.41) is 2.15. The number of benzene rings is 1. The van der Waals surface area contributed by atoms with Gasteiger partial charge >= 0.3 is 12.4 Å². The van der Waals surface area contributed by atoms with Crippen LogP contribution in [0.25, 0.3) is 0 Å². The molecule has 2 rings (SSSR count). The number of alkyl halides is 6. The summed E-state index contributed by atoms with van der Waals surface area (Å²) in [6, 6.07) is 8.10. The van der Waals surface area contributed by atoms with Crippen LogP contribution in [0.1, 0.15) is 23.4 Å². The summed E-state index contributed by atoms with van der Waals surface area (Å²) < 4.78 is 87.6. The zero-order valence-electron chi connectivity index (χ0n) is 15.2. The van der Waals surface area contributed by atoms with E-state index in [1.165, 1.54) is 37.3 Å². The second-order valence-electron chi connectivity index (χ2n) is 6.00. The van der Waals surface area contributed by atoms with Crippen molar-refractivity contribution < 1.29 is 40.6 Å². The van der Waals surface area contributed by atoms with Gasteiger partial charge in [-0.3, -0.25) is 4.79 Å². The van der Waals surface area contributed by atoms with Crippen LogP contribution in [0.15, 0.2) is 42.5 Å². The number of hydrogen-bond acceptors (Lipinski definition) is 4. The summed E-state index contributed by atoms with van der Waals surface area (Å²) in [7, 11) is 0.777. The molecule has 0 spiro atoms. The smallest absolute Gasteiger partial charge is 0.430 e. The van der Waals surface area contributed by atoms with Crippen LogP contribution < -0.4 is 10.1 Å². The number of carbonyl (C=O) groups excluding carboxylic acids is 1. The predicted molar refractivity (Wildman–Crippen MR) is 93.6 cm³/mol. The lowest BCUT2D eigenvalue weighted by molar-refractivity contribution is -0.266. The molecule has 1 amide bonds. The Morgan fingerprint density at radius 2 is 1.69 bits per heavy atom. The fraction of sp³-hybridized carbons (Fsp3) is 0.389. The minimum atomic E-state index is -5.07. The highest BCUT2D eigenvalue weighted by Gasteiger charge is 2.62. The second-order valence-corrected chi connectivity index (χ2v) is 7.08. The highest BCUT2D eigenvalue weighted by Crippen LogP contribution is 2.43. The molecular weight excluding hydrogens is 424 g/mol. The van der Waals surface area contributed by atoms with Gasteiger partial charge in [-0.05, 0) is 19.1 Å². The zero-order chi connectivity index (χ0) is 21.9. The van der Waals surface area contributed by atoms with Crippen molar-refractivity contribution in [1.82, 2.24) is 5.32 Å². The average molecular weight is 441 g/mol. The van der Waals surface area contributed by atoms with E-state index >= 15 is 0 Å². The number of methoxy groups -OCH3 is 1. The first-order valence-corrected chi connectivity index (χ1v) is 9.00. The quantitative estimate of drug-likeness (QED) is 0.618. The molecule has 1 heterocycles. The minimum Gasteiger partial charge on any atom is -0.475 e. The van der Waals surface area contributed by atoms with Gasteiger partial charge in [0.25, 0.3) is 11.5 Å². The molecule has 0 aliphatic carbocycles. The van der Waals surface area contributed by atoms with Crippen molar-refractivity contribution in [3.8, 4) is 5.06 Å². The third kappa shape index (κ3) is 5.21. The Bertz CT molecular complexity index is 821. The van der Waals surface area contributed by atoms with Crippen molar-refractivity contribution in [3.05, 3.63) is 52.9 Å². The van der Waals surface area contributed by atoms with Crippen molar-refractivity contribution in [2.45, 2.75) is 30.9 Å². The lowest BCUT2D eigenvalue weighted by Crippen LogP contribution is -2.56. The lowest BCUT2D eigenvalue weighted by atomic mass is 9.91. The summed E-state index contributed by atoms with van der Waals surface area (Å²) in [5.41, 5.74) is -3.64. The van der Waals surface area contributed by atoms with Gasteiger partial charge in [0, 0.05) is 17.6 Å². The molecule has 0 aliphatic heterocycles. The van der Waals surface area contributed by atoms with Crippen molar-refractivity contribution in [2.75, 3.05) is 13.7 Å². The molecule has 0 saturated carbocycles. The van der Waals surface area contributed by atoms with Crippen molar-refractivity contribution in [2.24, 2.45) is 0 Å². The molecule has 1 aromatic carbocycles. The number of halogens is 6. The first-order valence-electron chi connectivity index (χ1n) is 8.18. The van der Waals surface area contributed by atoms with Gasteiger partial charge in [-0.1, -0.05) is 30.3 Å². The van der Waals surface area contributed by atoms with E-state index in [2.05, 4.69) is 14.8 Å². The molecule has 2 atom stereocenters. The highest BCUT2D eigenvalue weighted by molar-refractivity contribution is 7.13. The molecule has 0 aliphatic rings. The largest absolute Gasteiger partial charge is 0.475 e. The number of amides is 1. The molecule has 11 heteroatoms. The van der Waals surface area contributed by atoms with E-state index in [0.29, 0.717) is 4.88 Å². The fourth-order valence-electron chi connectivity index (χ4n) is 2.59. The lowest BCUT2D eigenvalue weighted by Gasteiger charge is -2.34. The molecule has 160 valence electrons.